The highest BCUT2D eigenvalue weighted by atomic mass is 32.2. The Hall–Kier alpha value is -0.660. The maximum Gasteiger partial charge on any atom is 0.248 e. The van der Waals surface area contributed by atoms with Gasteiger partial charge in [0, 0.05) is 18.2 Å². The lowest BCUT2D eigenvalue weighted by atomic mass is 9.77. The number of sulfonamides is 1. The second-order valence-corrected chi connectivity index (χ2v) is 8.31. The predicted octanol–water partition coefficient (Wildman–Crippen LogP) is 1.56. The van der Waals surface area contributed by atoms with Crippen molar-refractivity contribution in [3.05, 3.63) is 0 Å². The number of hydrogen-bond acceptors (Lipinski definition) is 5. The maximum atomic E-state index is 12.1. The van der Waals surface area contributed by atoms with E-state index in [4.69, 9.17) is 0 Å². The molecule has 0 spiro atoms. The SMILES string of the molecule is CCN(CC)CCS(=O)(=O)N/N=C1/CCCCC1C(C)(C)O. The summed E-state index contributed by atoms with van der Waals surface area (Å²) in [5.74, 6) is -0.0368. The minimum atomic E-state index is -3.43. The smallest absolute Gasteiger partial charge is 0.248 e. The van der Waals surface area contributed by atoms with Crippen molar-refractivity contribution in [2.75, 3.05) is 25.4 Å². The third-order valence-corrected chi connectivity index (χ3v) is 5.42. The molecule has 2 N–H and O–H groups in total. The number of hydrazone groups is 1. The molecule has 0 amide bonds. The summed E-state index contributed by atoms with van der Waals surface area (Å²) in [5, 5.41) is 14.4. The summed E-state index contributed by atoms with van der Waals surface area (Å²) in [6.45, 7) is 9.71. The Labute approximate surface area is 135 Å². The van der Waals surface area contributed by atoms with Crippen LogP contribution in [-0.2, 0) is 10.0 Å². The molecule has 1 saturated carbocycles. The Morgan fingerprint density at radius 1 is 1.32 bits per heavy atom. The molecule has 0 aliphatic heterocycles. The Bertz CT molecular complexity index is 465. The monoisotopic (exact) mass is 333 g/mol. The summed E-state index contributed by atoms with van der Waals surface area (Å²) < 4.78 is 24.1. The summed E-state index contributed by atoms with van der Waals surface area (Å²) in [5.41, 5.74) is -0.100. The van der Waals surface area contributed by atoms with Crippen molar-refractivity contribution in [2.45, 2.75) is 59.0 Å². The van der Waals surface area contributed by atoms with E-state index in [0.717, 1.165) is 44.5 Å². The molecule has 0 radical (unpaired) electrons. The van der Waals surface area contributed by atoms with Crippen LogP contribution in [0.25, 0.3) is 0 Å². The van der Waals surface area contributed by atoms with E-state index in [0.29, 0.717) is 6.54 Å². The zero-order chi connectivity index (χ0) is 16.8. The van der Waals surface area contributed by atoms with Gasteiger partial charge >= 0.3 is 0 Å². The summed E-state index contributed by atoms with van der Waals surface area (Å²) in [7, 11) is -3.43. The van der Waals surface area contributed by atoms with E-state index in [1.807, 2.05) is 13.8 Å². The van der Waals surface area contributed by atoms with Crippen LogP contribution in [0.1, 0.15) is 53.4 Å². The number of rotatable bonds is 8. The lowest BCUT2D eigenvalue weighted by Crippen LogP contribution is -2.40. The second-order valence-electron chi connectivity index (χ2n) is 6.49. The molecule has 0 heterocycles. The first kappa shape index (κ1) is 19.4. The predicted molar refractivity (Wildman–Crippen MR) is 90.4 cm³/mol. The zero-order valence-electron chi connectivity index (χ0n) is 14.3. The summed E-state index contributed by atoms with van der Waals surface area (Å²) in [6.07, 6.45) is 3.63. The van der Waals surface area contributed by atoms with Gasteiger partial charge < -0.3 is 10.0 Å². The average molecular weight is 333 g/mol. The van der Waals surface area contributed by atoms with Crippen LogP contribution in [0.3, 0.4) is 0 Å². The molecule has 0 aromatic heterocycles. The van der Waals surface area contributed by atoms with Crippen molar-refractivity contribution < 1.29 is 13.5 Å². The summed E-state index contributed by atoms with van der Waals surface area (Å²) >= 11 is 0. The van der Waals surface area contributed by atoms with Crippen LogP contribution in [0.5, 0.6) is 0 Å². The highest BCUT2D eigenvalue weighted by Crippen LogP contribution is 2.30. The van der Waals surface area contributed by atoms with Gasteiger partial charge in [0.15, 0.2) is 0 Å². The van der Waals surface area contributed by atoms with Gasteiger partial charge in [0.25, 0.3) is 0 Å². The van der Waals surface area contributed by atoms with Crippen LogP contribution >= 0.6 is 0 Å². The molecule has 130 valence electrons. The van der Waals surface area contributed by atoms with Gasteiger partial charge in [-0.1, -0.05) is 20.3 Å². The molecule has 22 heavy (non-hydrogen) atoms. The molecule has 1 aliphatic carbocycles. The first-order valence-electron chi connectivity index (χ1n) is 8.20. The van der Waals surface area contributed by atoms with Crippen LogP contribution < -0.4 is 4.83 Å². The average Bonchev–Trinajstić information content (AvgIpc) is 2.45. The van der Waals surface area contributed by atoms with Crippen LogP contribution in [0, 0.1) is 5.92 Å². The van der Waals surface area contributed by atoms with E-state index in [9.17, 15) is 13.5 Å². The fourth-order valence-corrected chi connectivity index (χ4v) is 3.70. The fraction of sp³-hybridized carbons (Fsp3) is 0.933. The molecule has 7 heteroatoms. The highest BCUT2D eigenvalue weighted by Gasteiger charge is 2.33. The van der Waals surface area contributed by atoms with Crippen molar-refractivity contribution in [2.24, 2.45) is 11.0 Å². The Balaban J connectivity index is 2.67. The molecule has 0 bridgehead atoms. The maximum absolute atomic E-state index is 12.1. The van der Waals surface area contributed by atoms with Crippen molar-refractivity contribution in [3.8, 4) is 0 Å². The van der Waals surface area contributed by atoms with E-state index in [1.165, 1.54) is 0 Å². The minimum absolute atomic E-state index is 0.0403. The molecule has 1 atom stereocenters. The van der Waals surface area contributed by atoms with Crippen LogP contribution in [-0.4, -0.2) is 55.1 Å². The van der Waals surface area contributed by atoms with Gasteiger partial charge in [-0.2, -0.15) is 5.10 Å². The Morgan fingerprint density at radius 3 is 2.50 bits per heavy atom. The summed E-state index contributed by atoms with van der Waals surface area (Å²) in [6, 6.07) is 0. The van der Waals surface area contributed by atoms with Gasteiger partial charge in [-0.15, -0.1) is 0 Å². The van der Waals surface area contributed by atoms with Gasteiger partial charge in [-0.05, 0) is 46.2 Å². The first-order chi connectivity index (χ1) is 10.2. The Kier molecular flexibility index (Phi) is 7.28. The van der Waals surface area contributed by atoms with E-state index in [-0.39, 0.29) is 11.7 Å². The molecule has 6 nitrogen and oxygen atoms in total. The van der Waals surface area contributed by atoms with Crippen molar-refractivity contribution >= 4 is 15.7 Å². The largest absolute Gasteiger partial charge is 0.390 e. The molecule has 1 aliphatic rings. The Morgan fingerprint density at radius 2 is 1.95 bits per heavy atom. The number of nitrogens with one attached hydrogen (secondary N) is 1. The quantitative estimate of drug-likeness (QED) is 0.661. The molecule has 0 aromatic carbocycles. The first-order valence-corrected chi connectivity index (χ1v) is 9.85. The molecule has 1 unspecified atom stereocenters. The highest BCUT2D eigenvalue weighted by molar-refractivity contribution is 7.89. The molecular weight excluding hydrogens is 302 g/mol. The topological polar surface area (TPSA) is 82.0 Å². The van der Waals surface area contributed by atoms with E-state index in [1.54, 1.807) is 13.8 Å². The van der Waals surface area contributed by atoms with Crippen molar-refractivity contribution in [3.63, 3.8) is 0 Å². The van der Waals surface area contributed by atoms with Gasteiger partial charge in [0.05, 0.1) is 11.4 Å². The van der Waals surface area contributed by atoms with Gasteiger partial charge in [0.1, 0.15) is 0 Å². The molecule has 1 fully saturated rings. The number of nitrogens with zero attached hydrogens (tertiary/aromatic N) is 2. The summed E-state index contributed by atoms with van der Waals surface area (Å²) in [4.78, 5) is 4.42. The molecule has 1 rings (SSSR count). The molecule has 0 aromatic rings. The fourth-order valence-electron chi connectivity index (χ4n) is 2.85. The van der Waals surface area contributed by atoms with E-state index < -0.39 is 15.6 Å². The van der Waals surface area contributed by atoms with Gasteiger partial charge in [-0.25, -0.2) is 13.2 Å². The van der Waals surface area contributed by atoms with Crippen LogP contribution in [0.15, 0.2) is 5.10 Å². The lowest BCUT2D eigenvalue weighted by Gasteiger charge is -2.33. The van der Waals surface area contributed by atoms with Gasteiger partial charge in [0.2, 0.25) is 10.0 Å². The minimum Gasteiger partial charge on any atom is -0.390 e. The van der Waals surface area contributed by atoms with Gasteiger partial charge in [-0.3, -0.25) is 0 Å². The standard InChI is InChI=1S/C15H31N3O3S/c1-5-18(6-2)11-12-22(20,21)17-16-14-10-8-7-9-13(14)15(3,4)19/h13,17,19H,5-12H2,1-4H3/b16-14-. The van der Waals surface area contributed by atoms with E-state index >= 15 is 0 Å². The third kappa shape index (κ3) is 6.22. The molecule has 0 saturated heterocycles. The van der Waals surface area contributed by atoms with Crippen molar-refractivity contribution in [1.82, 2.24) is 9.73 Å². The molecular formula is C15H31N3O3S. The van der Waals surface area contributed by atoms with Crippen LogP contribution in [0.4, 0.5) is 0 Å². The lowest BCUT2D eigenvalue weighted by molar-refractivity contribution is 0.0371. The number of hydrogen-bond donors (Lipinski definition) is 2. The zero-order valence-corrected chi connectivity index (χ0v) is 15.1. The normalized spacial score (nSPS) is 22.3. The van der Waals surface area contributed by atoms with E-state index in [2.05, 4.69) is 14.8 Å². The van der Waals surface area contributed by atoms with Crippen molar-refractivity contribution in [1.29, 1.82) is 0 Å². The number of aliphatic hydroxyl groups is 1. The third-order valence-electron chi connectivity index (χ3n) is 4.33. The second kappa shape index (κ2) is 8.26. The van der Waals surface area contributed by atoms with Crippen LogP contribution in [0.2, 0.25) is 0 Å².